The molecule has 0 aliphatic carbocycles. The lowest BCUT2D eigenvalue weighted by atomic mass is 9.94. The number of carbonyl (C=O) groups is 2. The molecule has 1 aliphatic rings. The van der Waals surface area contributed by atoms with Crippen LogP contribution in [0.3, 0.4) is 0 Å². The molecular weight excluding hydrogens is 210 g/mol. The summed E-state index contributed by atoms with van der Waals surface area (Å²) < 4.78 is 1.77. The Labute approximate surface area is 92.0 Å². The Balaban J connectivity index is 2.55. The van der Waals surface area contributed by atoms with Crippen molar-refractivity contribution in [2.45, 2.75) is 12.5 Å². The van der Waals surface area contributed by atoms with Gasteiger partial charge in [0.15, 0.2) is 5.54 Å². The SMILES string of the molecule is Cc1c(C2(CN)NC(=O)NC2=O)ncn1C. The summed E-state index contributed by atoms with van der Waals surface area (Å²) in [5, 5.41) is 4.71. The number of nitrogens with two attached hydrogens (primary N) is 1. The lowest BCUT2D eigenvalue weighted by Gasteiger charge is -2.22. The number of imidazole rings is 1. The number of imide groups is 1. The molecule has 1 aromatic rings. The minimum absolute atomic E-state index is 0.0254. The Morgan fingerprint density at radius 2 is 2.25 bits per heavy atom. The van der Waals surface area contributed by atoms with Crippen molar-refractivity contribution in [3.63, 3.8) is 0 Å². The zero-order valence-corrected chi connectivity index (χ0v) is 9.07. The van der Waals surface area contributed by atoms with Gasteiger partial charge in [0.2, 0.25) is 0 Å². The third kappa shape index (κ3) is 1.21. The zero-order valence-electron chi connectivity index (χ0n) is 9.07. The van der Waals surface area contributed by atoms with Crippen LogP contribution in [-0.4, -0.2) is 28.0 Å². The molecule has 16 heavy (non-hydrogen) atoms. The van der Waals surface area contributed by atoms with Crippen LogP contribution < -0.4 is 16.4 Å². The Morgan fingerprint density at radius 1 is 1.56 bits per heavy atom. The van der Waals surface area contributed by atoms with E-state index in [1.165, 1.54) is 0 Å². The molecule has 0 aromatic carbocycles. The predicted octanol–water partition coefficient (Wildman–Crippen LogP) is -1.28. The molecule has 1 saturated heterocycles. The third-order valence-electron chi connectivity index (χ3n) is 2.88. The summed E-state index contributed by atoms with van der Waals surface area (Å²) in [6, 6.07) is -0.541. The Bertz CT molecular complexity index is 466. The number of hydrogen-bond acceptors (Lipinski definition) is 4. The summed E-state index contributed by atoms with van der Waals surface area (Å²) in [6.07, 6.45) is 1.58. The van der Waals surface area contributed by atoms with Crippen molar-refractivity contribution in [1.82, 2.24) is 20.2 Å². The Kier molecular flexibility index (Phi) is 2.20. The molecule has 0 spiro atoms. The van der Waals surface area contributed by atoms with Crippen molar-refractivity contribution < 1.29 is 9.59 Å². The number of nitrogens with zero attached hydrogens (tertiary/aromatic N) is 2. The van der Waals surface area contributed by atoms with Crippen molar-refractivity contribution in [3.05, 3.63) is 17.7 Å². The fourth-order valence-corrected chi connectivity index (χ4v) is 1.81. The first-order chi connectivity index (χ1) is 7.51. The molecule has 2 heterocycles. The molecule has 86 valence electrons. The maximum Gasteiger partial charge on any atom is 0.322 e. The van der Waals surface area contributed by atoms with E-state index in [-0.39, 0.29) is 6.54 Å². The molecule has 1 unspecified atom stereocenters. The monoisotopic (exact) mass is 223 g/mol. The fraction of sp³-hybridized carbons (Fsp3) is 0.444. The average molecular weight is 223 g/mol. The topological polar surface area (TPSA) is 102 Å². The number of hydrogen-bond donors (Lipinski definition) is 3. The molecular formula is C9H13N5O2. The summed E-state index contributed by atoms with van der Waals surface area (Å²) in [5.74, 6) is -0.457. The van der Waals surface area contributed by atoms with Crippen molar-refractivity contribution in [3.8, 4) is 0 Å². The lowest BCUT2D eigenvalue weighted by molar-refractivity contribution is -0.124. The van der Waals surface area contributed by atoms with Gasteiger partial charge in [-0.2, -0.15) is 0 Å². The molecule has 1 aromatic heterocycles. The molecule has 1 atom stereocenters. The number of carbonyl (C=O) groups excluding carboxylic acids is 2. The average Bonchev–Trinajstić information content (AvgIpc) is 2.70. The van der Waals surface area contributed by atoms with E-state index in [2.05, 4.69) is 15.6 Å². The highest BCUT2D eigenvalue weighted by Gasteiger charge is 2.49. The zero-order chi connectivity index (χ0) is 11.9. The van der Waals surface area contributed by atoms with E-state index in [0.29, 0.717) is 5.69 Å². The van der Waals surface area contributed by atoms with Crippen molar-refractivity contribution in [2.75, 3.05) is 6.54 Å². The maximum atomic E-state index is 11.8. The first-order valence-electron chi connectivity index (χ1n) is 4.83. The van der Waals surface area contributed by atoms with Crippen LogP contribution in [0, 0.1) is 6.92 Å². The minimum Gasteiger partial charge on any atom is -0.338 e. The molecule has 1 fully saturated rings. The van der Waals surface area contributed by atoms with E-state index in [1.807, 2.05) is 14.0 Å². The largest absolute Gasteiger partial charge is 0.338 e. The second-order valence-corrected chi connectivity index (χ2v) is 3.81. The van der Waals surface area contributed by atoms with Crippen molar-refractivity contribution in [2.24, 2.45) is 12.8 Å². The molecule has 2 rings (SSSR count). The Morgan fingerprint density at radius 3 is 2.62 bits per heavy atom. The third-order valence-corrected chi connectivity index (χ3v) is 2.88. The van der Waals surface area contributed by atoms with Gasteiger partial charge in [-0.15, -0.1) is 0 Å². The summed E-state index contributed by atoms with van der Waals surface area (Å²) >= 11 is 0. The highest BCUT2D eigenvalue weighted by atomic mass is 16.2. The normalized spacial score (nSPS) is 24.4. The van der Waals surface area contributed by atoms with E-state index in [1.54, 1.807) is 10.9 Å². The second kappa shape index (κ2) is 3.31. The van der Waals surface area contributed by atoms with Gasteiger partial charge in [0, 0.05) is 19.3 Å². The first kappa shape index (κ1) is 10.6. The minimum atomic E-state index is -1.23. The van der Waals surface area contributed by atoms with Crippen LogP contribution in [0.1, 0.15) is 11.4 Å². The molecule has 0 saturated carbocycles. The lowest BCUT2D eigenvalue weighted by Crippen LogP contribution is -2.50. The number of aromatic nitrogens is 2. The van der Waals surface area contributed by atoms with Gasteiger partial charge in [0.25, 0.3) is 5.91 Å². The van der Waals surface area contributed by atoms with Gasteiger partial charge in [-0.1, -0.05) is 0 Å². The standard InChI is InChI=1S/C9H13N5O2/c1-5-6(11-4-14(5)2)9(3-10)7(15)12-8(16)13-9/h4H,3,10H2,1-2H3,(H2,12,13,15,16). The van der Waals surface area contributed by atoms with Gasteiger partial charge in [-0.3, -0.25) is 10.1 Å². The number of nitrogens with one attached hydrogen (secondary N) is 2. The van der Waals surface area contributed by atoms with Crippen LogP contribution >= 0.6 is 0 Å². The molecule has 7 heteroatoms. The number of rotatable bonds is 2. The molecule has 1 aliphatic heterocycles. The van der Waals surface area contributed by atoms with Crippen molar-refractivity contribution >= 4 is 11.9 Å². The summed E-state index contributed by atoms with van der Waals surface area (Å²) in [4.78, 5) is 27.1. The van der Waals surface area contributed by atoms with E-state index < -0.39 is 17.5 Å². The van der Waals surface area contributed by atoms with Crippen LogP contribution in [0.5, 0.6) is 0 Å². The van der Waals surface area contributed by atoms with E-state index in [4.69, 9.17) is 5.73 Å². The van der Waals surface area contributed by atoms with E-state index in [0.717, 1.165) is 5.69 Å². The highest BCUT2D eigenvalue weighted by molar-refractivity contribution is 6.07. The predicted molar refractivity (Wildman–Crippen MR) is 55.4 cm³/mol. The van der Waals surface area contributed by atoms with E-state index in [9.17, 15) is 9.59 Å². The number of urea groups is 1. The van der Waals surface area contributed by atoms with Crippen LogP contribution in [0.25, 0.3) is 0 Å². The van der Waals surface area contributed by atoms with Gasteiger partial charge in [-0.25, -0.2) is 9.78 Å². The molecule has 4 N–H and O–H groups in total. The van der Waals surface area contributed by atoms with E-state index >= 15 is 0 Å². The van der Waals surface area contributed by atoms with Crippen LogP contribution in [0.15, 0.2) is 6.33 Å². The summed E-state index contributed by atoms with van der Waals surface area (Å²) in [5.41, 5.74) is 5.65. The Hall–Kier alpha value is -1.89. The number of aryl methyl sites for hydroxylation is 1. The van der Waals surface area contributed by atoms with Gasteiger partial charge in [-0.05, 0) is 6.92 Å². The molecule has 0 radical (unpaired) electrons. The highest BCUT2D eigenvalue weighted by Crippen LogP contribution is 2.24. The smallest absolute Gasteiger partial charge is 0.322 e. The van der Waals surface area contributed by atoms with Gasteiger partial charge in [0.05, 0.1) is 12.0 Å². The fourth-order valence-electron chi connectivity index (χ4n) is 1.81. The molecule has 7 nitrogen and oxygen atoms in total. The van der Waals surface area contributed by atoms with Gasteiger partial charge >= 0.3 is 6.03 Å². The second-order valence-electron chi connectivity index (χ2n) is 3.81. The summed E-state index contributed by atoms with van der Waals surface area (Å²) in [7, 11) is 1.81. The van der Waals surface area contributed by atoms with Gasteiger partial charge < -0.3 is 15.6 Å². The van der Waals surface area contributed by atoms with Crippen LogP contribution in [0.4, 0.5) is 4.79 Å². The maximum absolute atomic E-state index is 11.8. The van der Waals surface area contributed by atoms with Crippen molar-refractivity contribution in [1.29, 1.82) is 0 Å². The quantitative estimate of drug-likeness (QED) is 0.543. The first-order valence-corrected chi connectivity index (χ1v) is 4.83. The molecule has 3 amide bonds. The van der Waals surface area contributed by atoms with Crippen LogP contribution in [0.2, 0.25) is 0 Å². The summed E-state index contributed by atoms with van der Waals surface area (Å²) in [6.45, 7) is 1.79. The number of amides is 3. The van der Waals surface area contributed by atoms with Crippen LogP contribution in [-0.2, 0) is 17.4 Å². The molecule has 0 bridgehead atoms. The van der Waals surface area contributed by atoms with Gasteiger partial charge in [0.1, 0.15) is 0 Å².